The summed E-state index contributed by atoms with van der Waals surface area (Å²) in [6.07, 6.45) is 2.90. The first-order valence-corrected chi connectivity index (χ1v) is 8.24. The van der Waals surface area contributed by atoms with Crippen LogP contribution in [-0.2, 0) is 10.0 Å². The lowest BCUT2D eigenvalue weighted by Crippen LogP contribution is -2.30. The maximum Gasteiger partial charge on any atom is 0.270 e. The van der Waals surface area contributed by atoms with Crippen molar-refractivity contribution in [1.29, 1.82) is 0 Å². The number of nitro benzene ring substituents is 1. The van der Waals surface area contributed by atoms with Crippen molar-refractivity contribution in [3.63, 3.8) is 0 Å². The summed E-state index contributed by atoms with van der Waals surface area (Å²) in [6, 6.07) is 8.21. The van der Waals surface area contributed by atoms with E-state index < -0.39 is 14.9 Å². The van der Waals surface area contributed by atoms with Crippen molar-refractivity contribution < 1.29 is 17.8 Å². The van der Waals surface area contributed by atoms with E-state index in [0.29, 0.717) is 18.7 Å². The number of hydrogen-bond acceptors (Lipinski definition) is 5. The Morgan fingerprint density at radius 1 is 1.27 bits per heavy atom. The van der Waals surface area contributed by atoms with Gasteiger partial charge in [0.2, 0.25) is 10.0 Å². The minimum atomic E-state index is -3.80. The molecule has 2 aromatic rings. The summed E-state index contributed by atoms with van der Waals surface area (Å²) in [4.78, 5) is 10.2. The minimum Gasteiger partial charge on any atom is -0.468 e. The third-order valence-corrected chi connectivity index (χ3v) is 5.61. The third-order valence-electron chi connectivity index (χ3n) is 3.71. The molecule has 0 bridgehead atoms. The van der Waals surface area contributed by atoms with Crippen LogP contribution in [0.3, 0.4) is 0 Å². The zero-order valence-electron chi connectivity index (χ0n) is 11.6. The predicted octanol–water partition coefficient (Wildman–Crippen LogP) is 2.71. The summed E-state index contributed by atoms with van der Waals surface area (Å²) in [5.74, 6) is 0.589. The van der Waals surface area contributed by atoms with Gasteiger partial charge >= 0.3 is 0 Å². The minimum absolute atomic E-state index is 0.0693. The van der Waals surface area contributed by atoms with Gasteiger partial charge in [0.05, 0.1) is 22.1 Å². The second kappa shape index (κ2) is 5.54. The maximum absolute atomic E-state index is 12.8. The first-order valence-electron chi connectivity index (χ1n) is 6.80. The molecule has 0 spiro atoms. The average molecular weight is 322 g/mol. The van der Waals surface area contributed by atoms with Gasteiger partial charge in [0, 0.05) is 18.7 Å². The van der Waals surface area contributed by atoms with E-state index in [2.05, 4.69) is 0 Å². The highest BCUT2D eigenvalue weighted by Gasteiger charge is 2.38. The van der Waals surface area contributed by atoms with Gasteiger partial charge < -0.3 is 4.42 Å². The third kappa shape index (κ3) is 2.51. The van der Waals surface area contributed by atoms with Crippen molar-refractivity contribution in [3.05, 3.63) is 58.5 Å². The Hall–Kier alpha value is -2.19. The van der Waals surface area contributed by atoms with Crippen molar-refractivity contribution in [1.82, 2.24) is 4.31 Å². The molecule has 2 heterocycles. The smallest absolute Gasteiger partial charge is 0.270 e. The van der Waals surface area contributed by atoms with Crippen LogP contribution in [0.4, 0.5) is 5.69 Å². The standard InChI is InChI=1S/C14H14N2O5S/c17-16(18)11-4-1-5-12(10-11)22(19,20)15-8-2-6-13(15)14-7-3-9-21-14/h1,3-5,7,9-10,13H,2,6,8H2/t13-/m1/s1. The van der Waals surface area contributed by atoms with Gasteiger partial charge in [0.25, 0.3) is 5.69 Å². The Morgan fingerprint density at radius 2 is 2.09 bits per heavy atom. The number of sulfonamides is 1. The molecule has 0 aliphatic carbocycles. The molecule has 1 atom stereocenters. The zero-order chi connectivity index (χ0) is 15.7. The number of rotatable bonds is 4. The number of furan rings is 1. The van der Waals surface area contributed by atoms with Gasteiger partial charge in [-0.15, -0.1) is 0 Å². The van der Waals surface area contributed by atoms with E-state index in [1.54, 1.807) is 12.1 Å². The molecule has 3 rings (SSSR count). The first kappa shape index (κ1) is 14.7. The molecule has 0 radical (unpaired) electrons. The molecule has 1 fully saturated rings. The summed E-state index contributed by atoms with van der Waals surface area (Å²) in [7, 11) is -3.80. The van der Waals surface area contributed by atoms with Crippen LogP contribution in [0.15, 0.2) is 52.0 Å². The summed E-state index contributed by atoms with van der Waals surface area (Å²) < 4.78 is 32.2. The fourth-order valence-corrected chi connectivity index (χ4v) is 4.39. The SMILES string of the molecule is O=[N+]([O-])c1cccc(S(=O)(=O)N2CCC[C@@H]2c2ccco2)c1. The topological polar surface area (TPSA) is 93.7 Å². The Bertz CT molecular complexity index is 785. The van der Waals surface area contributed by atoms with Crippen LogP contribution in [-0.4, -0.2) is 24.2 Å². The van der Waals surface area contributed by atoms with Crippen LogP contribution in [0.2, 0.25) is 0 Å². The van der Waals surface area contributed by atoms with Gasteiger partial charge in [0.1, 0.15) is 5.76 Å². The number of non-ortho nitro benzene ring substituents is 1. The molecule has 22 heavy (non-hydrogen) atoms. The van der Waals surface area contributed by atoms with Crippen LogP contribution in [0.5, 0.6) is 0 Å². The lowest BCUT2D eigenvalue weighted by Gasteiger charge is -2.22. The molecular weight excluding hydrogens is 308 g/mol. The van der Waals surface area contributed by atoms with Crippen molar-refractivity contribution in [2.24, 2.45) is 0 Å². The first-order chi connectivity index (χ1) is 10.5. The van der Waals surface area contributed by atoms with Crippen molar-refractivity contribution in [2.45, 2.75) is 23.8 Å². The van der Waals surface area contributed by atoms with Crippen LogP contribution in [0, 0.1) is 10.1 Å². The van der Waals surface area contributed by atoms with Gasteiger partial charge in [-0.2, -0.15) is 4.31 Å². The van der Waals surface area contributed by atoms with Crippen molar-refractivity contribution >= 4 is 15.7 Å². The van der Waals surface area contributed by atoms with E-state index >= 15 is 0 Å². The lowest BCUT2D eigenvalue weighted by molar-refractivity contribution is -0.385. The van der Waals surface area contributed by atoms with E-state index in [-0.39, 0.29) is 16.6 Å². The number of nitro groups is 1. The predicted molar refractivity (Wildman–Crippen MR) is 77.7 cm³/mol. The van der Waals surface area contributed by atoms with Gasteiger partial charge in [0.15, 0.2) is 0 Å². The lowest BCUT2D eigenvalue weighted by atomic mass is 10.2. The van der Waals surface area contributed by atoms with Crippen LogP contribution < -0.4 is 0 Å². The Kier molecular flexibility index (Phi) is 3.71. The molecule has 0 N–H and O–H groups in total. The molecule has 0 saturated carbocycles. The highest BCUT2D eigenvalue weighted by Crippen LogP contribution is 2.37. The number of hydrogen-bond donors (Lipinski definition) is 0. The zero-order valence-corrected chi connectivity index (χ0v) is 12.4. The Labute approximate surface area is 127 Å². The Morgan fingerprint density at radius 3 is 2.77 bits per heavy atom. The largest absolute Gasteiger partial charge is 0.468 e. The second-order valence-corrected chi connectivity index (χ2v) is 6.93. The summed E-state index contributed by atoms with van der Waals surface area (Å²) in [5.41, 5.74) is -0.241. The van der Waals surface area contributed by atoms with E-state index in [4.69, 9.17) is 4.42 Å². The highest BCUT2D eigenvalue weighted by molar-refractivity contribution is 7.89. The monoisotopic (exact) mass is 322 g/mol. The van der Waals surface area contributed by atoms with Gasteiger partial charge in [-0.1, -0.05) is 6.07 Å². The Balaban J connectivity index is 1.99. The van der Waals surface area contributed by atoms with Crippen molar-refractivity contribution in [2.75, 3.05) is 6.54 Å². The summed E-state index contributed by atoms with van der Waals surface area (Å²) >= 11 is 0. The average Bonchev–Trinajstić information content (AvgIpc) is 3.18. The highest BCUT2D eigenvalue weighted by atomic mass is 32.2. The second-order valence-electron chi connectivity index (χ2n) is 5.04. The molecule has 1 aliphatic rings. The molecular formula is C14H14N2O5S. The molecule has 1 saturated heterocycles. The molecule has 116 valence electrons. The maximum atomic E-state index is 12.8. The quantitative estimate of drug-likeness (QED) is 0.637. The fourth-order valence-electron chi connectivity index (χ4n) is 2.69. The van der Waals surface area contributed by atoms with E-state index in [0.717, 1.165) is 12.5 Å². The summed E-state index contributed by atoms with van der Waals surface area (Å²) in [5, 5.41) is 10.8. The van der Waals surface area contributed by atoms with Crippen molar-refractivity contribution in [3.8, 4) is 0 Å². The van der Waals surface area contributed by atoms with Crippen LogP contribution >= 0.6 is 0 Å². The fraction of sp³-hybridized carbons (Fsp3) is 0.286. The molecule has 1 aliphatic heterocycles. The van der Waals surface area contributed by atoms with E-state index in [9.17, 15) is 18.5 Å². The van der Waals surface area contributed by atoms with Gasteiger partial charge in [-0.05, 0) is 31.0 Å². The molecule has 7 nitrogen and oxygen atoms in total. The van der Waals surface area contributed by atoms with E-state index in [1.165, 1.54) is 28.8 Å². The van der Waals surface area contributed by atoms with E-state index in [1.807, 2.05) is 0 Å². The summed E-state index contributed by atoms with van der Waals surface area (Å²) in [6.45, 7) is 0.371. The van der Waals surface area contributed by atoms with Gasteiger partial charge in [-0.25, -0.2) is 8.42 Å². The molecule has 1 aromatic heterocycles. The molecule has 0 unspecified atom stereocenters. The number of benzene rings is 1. The number of nitrogens with zero attached hydrogens (tertiary/aromatic N) is 2. The van der Waals surface area contributed by atoms with Gasteiger partial charge in [-0.3, -0.25) is 10.1 Å². The molecule has 0 amide bonds. The molecule has 8 heteroatoms. The molecule has 1 aromatic carbocycles. The van der Waals surface area contributed by atoms with Crippen LogP contribution in [0.1, 0.15) is 24.6 Å². The normalized spacial score (nSPS) is 19.4. The van der Waals surface area contributed by atoms with Crippen LogP contribution in [0.25, 0.3) is 0 Å².